The molecule has 6 nitrogen and oxygen atoms in total. The molecule has 0 saturated carbocycles. The number of nitrogens with one attached hydrogen (secondary N) is 2. The number of carbonyl (C=O) groups is 1. The van der Waals surface area contributed by atoms with Gasteiger partial charge in [-0.2, -0.15) is 0 Å². The van der Waals surface area contributed by atoms with Crippen LogP contribution in [0.3, 0.4) is 0 Å². The zero-order chi connectivity index (χ0) is 15.9. The van der Waals surface area contributed by atoms with Gasteiger partial charge < -0.3 is 20.1 Å². The van der Waals surface area contributed by atoms with Crippen molar-refractivity contribution in [3.8, 4) is 5.75 Å². The molecule has 1 atom stereocenters. The highest BCUT2D eigenvalue weighted by molar-refractivity contribution is 7.22. The quantitative estimate of drug-likeness (QED) is 0.899. The Balaban J connectivity index is 1.53. The van der Waals surface area contributed by atoms with Crippen molar-refractivity contribution in [3.05, 3.63) is 18.2 Å². The molecular weight excluding hydrogens is 314 g/mol. The lowest BCUT2D eigenvalue weighted by Crippen LogP contribution is -2.68. The molecule has 23 heavy (non-hydrogen) atoms. The Hall–Kier alpha value is -1.70. The number of anilines is 1. The van der Waals surface area contributed by atoms with Gasteiger partial charge in [0.2, 0.25) is 5.91 Å². The van der Waals surface area contributed by atoms with Crippen LogP contribution in [-0.2, 0) is 9.53 Å². The van der Waals surface area contributed by atoms with Crippen molar-refractivity contribution in [2.24, 2.45) is 5.41 Å². The Labute approximate surface area is 138 Å². The molecule has 2 aliphatic heterocycles. The van der Waals surface area contributed by atoms with Gasteiger partial charge in [0.25, 0.3) is 0 Å². The maximum absolute atomic E-state index is 12.6. The van der Waals surface area contributed by atoms with E-state index in [0.29, 0.717) is 5.13 Å². The van der Waals surface area contributed by atoms with Gasteiger partial charge in [-0.25, -0.2) is 4.98 Å². The van der Waals surface area contributed by atoms with Crippen LogP contribution in [0.25, 0.3) is 10.2 Å². The minimum Gasteiger partial charge on any atom is -0.494 e. The van der Waals surface area contributed by atoms with Gasteiger partial charge in [0.15, 0.2) is 5.13 Å². The van der Waals surface area contributed by atoms with Crippen LogP contribution in [0, 0.1) is 5.41 Å². The lowest BCUT2D eigenvalue weighted by molar-refractivity contribution is -0.130. The number of rotatable bonds is 3. The third kappa shape index (κ3) is 2.49. The van der Waals surface area contributed by atoms with E-state index < -0.39 is 0 Å². The Morgan fingerprint density at radius 2 is 2.30 bits per heavy atom. The minimum absolute atomic E-state index is 0.00354. The fourth-order valence-electron chi connectivity index (χ4n) is 3.43. The van der Waals surface area contributed by atoms with Gasteiger partial charge in [0.1, 0.15) is 11.3 Å². The van der Waals surface area contributed by atoms with Crippen LogP contribution in [-0.4, -0.2) is 43.8 Å². The number of amides is 1. The predicted molar refractivity (Wildman–Crippen MR) is 89.1 cm³/mol. The summed E-state index contributed by atoms with van der Waals surface area (Å²) in [7, 11) is 1.62. The second kappa shape index (κ2) is 5.74. The van der Waals surface area contributed by atoms with Gasteiger partial charge in [0, 0.05) is 25.2 Å². The smallest absolute Gasteiger partial charge is 0.243 e. The molecule has 2 aliphatic rings. The molecule has 0 aliphatic carbocycles. The summed E-state index contributed by atoms with van der Waals surface area (Å²) in [6.07, 6.45) is 1.87. The molecule has 7 heteroatoms. The molecule has 0 radical (unpaired) electrons. The summed E-state index contributed by atoms with van der Waals surface area (Å²) in [6, 6.07) is 5.63. The molecule has 1 unspecified atom stereocenters. The zero-order valence-corrected chi connectivity index (χ0v) is 13.7. The molecular formula is C16H19N3O3S. The number of nitrogens with zero attached hydrogens (tertiary/aromatic N) is 1. The predicted octanol–water partition coefficient (Wildman–Crippen LogP) is 2.01. The van der Waals surface area contributed by atoms with Crippen LogP contribution in [0.5, 0.6) is 5.75 Å². The number of aromatic nitrogens is 1. The molecule has 2 N–H and O–H groups in total. The van der Waals surface area contributed by atoms with Crippen LogP contribution in [0.4, 0.5) is 5.13 Å². The molecule has 4 rings (SSSR count). The third-order valence-corrected chi connectivity index (χ3v) is 5.79. The third-order valence-electron chi connectivity index (χ3n) is 4.85. The van der Waals surface area contributed by atoms with E-state index in [2.05, 4.69) is 15.6 Å². The summed E-state index contributed by atoms with van der Waals surface area (Å²) >= 11 is 1.47. The molecule has 1 amide bonds. The second-order valence-electron chi connectivity index (χ2n) is 6.10. The zero-order valence-electron chi connectivity index (χ0n) is 12.9. The van der Waals surface area contributed by atoms with Gasteiger partial charge in [0.05, 0.1) is 17.9 Å². The standard InChI is InChI=1S/C16H19N3O3S/c1-21-10-3-2-4-11-12(10)18-15(23-11)19-14(20)13-16(9-17-13)5-7-22-8-6-16/h2-4,13,17H,5-9H2,1H3,(H,18,19,20). The molecule has 2 fully saturated rings. The number of hydrogen-bond acceptors (Lipinski definition) is 6. The number of carbonyl (C=O) groups excluding carboxylic acids is 1. The first-order valence-electron chi connectivity index (χ1n) is 7.77. The summed E-state index contributed by atoms with van der Waals surface area (Å²) < 4.78 is 11.8. The van der Waals surface area contributed by atoms with E-state index in [-0.39, 0.29) is 17.4 Å². The van der Waals surface area contributed by atoms with Gasteiger partial charge in [-0.15, -0.1) is 0 Å². The van der Waals surface area contributed by atoms with Gasteiger partial charge in [-0.3, -0.25) is 4.79 Å². The van der Waals surface area contributed by atoms with Crippen molar-refractivity contribution in [1.82, 2.24) is 10.3 Å². The van der Waals surface area contributed by atoms with E-state index in [9.17, 15) is 4.79 Å². The van der Waals surface area contributed by atoms with Crippen molar-refractivity contribution in [3.63, 3.8) is 0 Å². The number of benzene rings is 1. The van der Waals surface area contributed by atoms with Crippen LogP contribution in [0.1, 0.15) is 12.8 Å². The van der Waals surface area contributed by atoms with E-state index in [1.165, 1.54) is 11.3 Å². The van der Waals surface area contributed by atoms with Crippen molar-refractivity contribution in [2.45, 2.75) is 18.9 Å². The summed E-state index contributed by atoms with van der Waals surface area (Å²) in [4.78, 5) is 17.1. The number of fused-ring (bicyclic) bond motifs is 1. The highest BCUT2D eigenvalue weighted by atomic mass is 32.1. The molecule has 1 aromatic carbocycles. The summed E-state index contributed by atoms with van der Waals surface area (Å²) in [5.41, 5.74) is 0.842. The first-order valence-corrected chi connectivity index (χ1v) is 8.59. The number of thiazole rings is 1. The van der Waals surface area contributed by atoms with Gasteiger partial charge in [-0.05, 0) is 25.0 Å². The van der Waals surface area contributed by atoms with Crippen molar-refractivity contribution in [2.75, 3.05) is 32.2 Å². The first kappa shape index (κ1) is 14.9. The molecule has 1 aromatic heterocycles. The summed E-state index contributed by atoms with van der Waals surface area (Å²) in [6.45, 7) is 2.37. The maximum atomic E-state index is 12.6. The van der Waals surface area contributed by atoms with Crippen LogP contribution in [0.2, 0.25) is 0 Å². The summed E-state index contributed by atoms with van der Waals surface area (Å²) in [5, 5.41) is 6.85. The number of methoxy groups -OCH3 is 1. The SMILES string of the molecule is COc1cccc2sc(NC(=O)C3NCC34CCOCC4)nc12. The van der Waals surface area contributed by atoms with E-state index in [1.807, 2.05) is 18.2 Å². The number of hydrogen-bond donors (Lipinski definition) is 2. The minimum atomic E-state index is -0.152. The lowest BCUT2D eigenvalue weighted by Gasteiger charge is -2.51. The van der Waals surface area contributed by atoms with Gasteiger partial charge in [-0.1, -0.05) is 17.4 Å². The number of para-hydroxylation sites is 1. The topological polar surface area (TPSA) is 72.5 Å². The molecule has 1 spiro atoms. The molecule has 3 heterocycles. The van der Waals surface area contributed by atoms with E-state index in [4.69, 9.17) is 9.47 Å². The van der Waals surface area contributed by atoms with Gasteiger partial charge >= 0.3 is 0 Å². The fourth-order valence-corrected chi connectivity index (χ4v) is 4.31. The van der Waals surface area contributed by atoms with Crippen LogP contribution >= 0.6 is 11.3 Å². The van der Waals surface area contributed by atoms with E-state index >= 15 is 0 Å². The number of ether oxygens (including phenoxy) is 2. The van der Waals surface area contributed by atoms with E-state index in [0.717, 1.165) is 48.6 Å². The van der Waals surface area contributed by atoms with Crippen molar-refractivity contribution in [1.29, 1.82) is 0 Å². The highest BCUT2D eigenvalue weighted by Gasteiger charge is 2.51. The van der Waals surface area contributed by atoms with Crippen molar-refractivity contribution >= 4 is 32.6 Å². The van der Waals surface area contributed by atoms with E-state index in [1.54, 1.807) is 7.11 Å². The normalized spacial score (nSPS) is 22.7. The Morgan fingerprint density at radius 1 is 1.48 bits per heavy atom. The largest absolute Gasteiger partial charge is 0.494 e. The first-order chi connectivity index (χ1) is 11.2. The Kier molecular flexibility index (Phi) is 3.71. The fraction of sp³-hybridized carbons (Fsp3) is 0.500. The van der Waals surface area contributed by atoms with Crippen LogP contribution < -0.4 is 15.4 Å². The molecule has 122 valence electrons. The summed E-state index contributed by atoms with van der Waals surface area (Å²) in [5.74, 6) is 0.720. The van der Waals surface area contributed by atoms with Crippen molar-refractivity contribution < 1.29 is 14.3 Å². The monoisotopic (exact) mass is 333 g/mol. The Bertz CT molecular complexity index is 739. The Morgan fingerprint density at radius 3 is 3.00 bits per heavy atom. The maximum Gasteiger partial charge on any atom is 0.243 e. The molecule has 0 bridgehead atoms. The van der Waals surface area contributed by atoms with Crippen LogP contribution in [0.15, 0.2) is 18.2 Å². The molecule has 2 aromatic rings. The second-order valence-corrected chi connectivity index (χ2v) is 7.13. The average molecular weight is 333 g/mol. The molecule has 2 saturated heterocycles. The highest BCUT2D eigenvalue weighted by Crippen LogP contribution is 2.40. The lowest BCUT2D eigenvalue weighted by atomic mass is 9.67. The average Bonchev–Trinajstić information content (AvgIpc) is 2.96.